The summed E-state index contributed by atoms with van der Waals surface area (Å²) in [7, 11) is 0. The fourth-order valence-corrected chi connectivity index (χ4v) is 3.36. The molecule has 0 aromatic carbocycles. The maximum Gasteiger partial charge on any atom is 0.433 e. The smallest absolute Gasteiger partial charge is 0.433 e. The van der Waals surface area contributed by atoms with E-state index in [0.717, 1.165) is 12.5 Å². The summed E-state index contributed by atoms with van der Waals surface area (Å²) in [6.45, 7) is 3.07. The largest absolute Gasteiger partial charge is 0.466 e. The van der Waals surface area contributed by atoms with Crippen molar-refractivity contribution in [2.24, 2.45) is 11.3 Å². The van der Waals surface area contributed by atoms with Gasteiger partial charge in [-0.3, -0.25) is 4.79 Å². The van der Waals surface area contributed by atoms with Gasteiger partial charge in [-0.25, -0.2) is 9.97 Å². The first-order valence-corrected chi connectivity index (χ1v) is 7.66. The van der Waals surface area contributed by atoms with Crippen LogP contribution >= 0.6 is 11.6 Å². The molecule has 2 atom stereocenters. The maximum atomic E-state index is 12.8. The van der Waals surface area contributed by atoms with Gasteiger partial charge in [0, 0.05) is 24.6 Å². The van der Waals surface area contributed by atoms with Gasteiger partial charge in [0.25, 0.3) is 0 Å². The van der Waals surface area contributed by atoms with Gasteiger partial charge >= 0.3 is 12.1 Å². The Morgan fingerprint density at radius 2 is 2.26 bits per heavy atom. The maximum absolute atomic E-state index is 12.8. The molecule has 1 saturated heterocycles. The first-order valence-electron chi connectivity index (χ1n) is 7.28. The van der Waals surface area contributed by atoms with E-state index in [1.165, 1.54) is 0 Å². The Morgan fingerprint density at radius 3 is 2.91 bits per heavy atom. The van der Waals surface area contributed by atoms with Gasteiger partial charge in [0.15, 0.2) is 5.69 Å². The lowest BCUT2D eigenvalue weighted by molar-refractivity contribution is -0.145. The van der Waals surface area contributed by atoms with E-state index in [-0.39, 0.29) is 23.1 Å². The summed E-state index contributed by atoms with van der Waals surface area (Å²) in [6, 6.07) is 0.895. The van der Waals surface area contributed by atoms with Gasteiger partial charge in [0.1, 0.15) is 5.82 Å². The van der Waals surface area contributed by atoms with Crippen molar-refractivity contribution in [1.82, 2.24) is 9.97 Å². The van der Waals surface area contributed by atoms with Gasteiger partial charge in [0.2, 0.25) is 5.28 Å². The van der Waals surface area contributed by atoms with E-state index >= 15 is 0 Å². The zero-order valence-electron chi connectivity index (χ0n) is 12.4. The monoisotopic (exact) mass is 349 g/mol. The van der Waals surface area contributed by atoms with Crippen LogP contribution in [0.2, 0.25) is 5.28 Å². The number of halogens is 4. The predicted octanol–water partition coefficient (Wildman–Crippen LogP) is 2.93. The molecule has 1 saturated carbocycles. The average Bonchev–Trinajstić information content (AvgIpc) is 2.98. The van der Waals surface area contributed by atoms with E-state index in [1.54, 1.807) is 11.8 Å². The summed E-state index contributed by atoms with van der Waals surface area (Å²) < 4.78 is 43.5. The molecule has 5 nitrogen and oxygen atoms in total. The number of aromatic nitrogens is 2. The molecule has 1 aliphatic carbocycles. The summed E-state index contributed by atoms with van der Waals surface area (Å²) in [4.78, 5) is 20.7. The number of ether oxygens (including phenoxy) is 1. The van der Waals surface area contributed by atoms with Crippen LogP contribution in [0.4, 0.5) is 19.0 Å². The minimum absolute atomic E-state index is 0.142. The van der Waals surface area contributed by atoms with Crippen molar-refractivity contribution in [2.45, 2.75) is 25.9 Å². The van der Waals surface area contributed by atoms with E-state index < -0.39 is 17.2 Å². The number of carbonyl (C=O) groups is 1. The molecule has 2 aliphatic rings. The second-order valence-electron chi connectivity index (χ2n) is 5.92. The number of carbonyl (C=O) groups excluding carboxylic acids is 1. The summed E-state index contributed by atoms with van der Waals surface area (Å²) in [6.07, 6.45) is -3.15. The zero-order chi connectivity index (χ0) is 16.8. The van der Waals surface area contributed by atoms with Crippen LogP contribution in [0.3, 0.4) is 0 Å². The van der Waals surface area contributed by atoms with Crippen molar-refractivity contribution in [1.29, 1.82) is 0 Å². The van der Waals surface area contributed by atoms with Gasteiger partial charge in [-0.15, -0.1) is 0 Å². The number of anilines is 1. The average molecular weight is 350 g/mol. The number of hydrogen-bond donors (Lipinski definition) is 0. The number of alkyl halides is 3. The summed E-state index contributed by atoms with van der Waals surface area (Å²) in [5.41, 5.74) is -1.27. The molecule has 23 heavy (non-hydrogen) atoms. The summed E-state index contributed by atoms with van der Waals surface area (Å²) in [5.74, 6) is -0.262. The molecule has 2 fully saturated rings. The minimum atomic E-state index is -4.58. The fourth-order valence-electron chi connectivity index (χ4n) is 3.18. The molecule has 0 radical (unpaired) electrons. The van der Waals surface area contributed by atoms with Crippen LogP contribution in [0.1, 0.15) is 25.5 Å². The molecule has 3 rings (SSSR count). The molecule has 0 amide bonds. The molecule has 2 unspecified atom stereocenters. The van der Waals surface area contributed by atoms with Crippen LogP contribution in [0.5, 0.6) is 0 Å². The predicted molar refractivity (Wildman–Crippen MR) is 76.0 cm³/mol. The first kappa shape index (κ1) is 16.3. The van der Waals surface area contributed by atoms with Crippen molar-refractivity contribution in [2.75, 3.05) is 24.6 Å². The SMILES string of the molecule is CCOC(=O)C1CC12CCN(c1cc(C(F)(F)F)nc(Cl)n1)C2. The van der Waals surface area contributed by atoms with Crippen molar-refractivity contribution < 1.29 is 22.7 Å². The van der Waals surface area contributed by atoms with Crippen LogP contribution < -0.4 is 4.90 Å². The lowest BCUT2D eigenvalue weighted by Crippen LogP contribution is -2.24. The molecule has 1 spiro atoms. The third kappa shape index (κ3) is 3.08. The normalized spacial score (nSPS) is 26.7. The molecule has 2 heterocycles. The first-order chi connectivity index (χ1) is 10.7. The third-order valence-corrected chi connectivity index (χ3v) is 4.62. The fraction of sp³-hybridized carbons (Fsp3) is 0.643. The summed E-state index contributed by atoms with van der Waals surface area (Å²) >= 11 is 5.62. The Bertz CT molecular complexity index is 640. The Hall–Kier alpha value is -1.57. The second-order valence-corrected chi connectivity index (χ2v) is 6.26. The molecule has 0 N–H and O–H groups in total. The van der Waals surface area contributed by atoms with Crippen LogP contribution in [0.25, 0.3) is 0 Å². The number of nitrogens with zero attached hydrogens (tertiary/aromatic N) is 3. The molecule has 1 aromatic heterocycles. The topological polar surface area (TPSA) is 55.3 Å². The van der Waals surface area contributed by atoms with Crippen molar-refractivity contribution >= 4 is 23.4 Å². The van der Waals surface area contributed by atoms with E-state index in [2.05, 4.69) is 9.97 Å². The van der Waals surface area contributed by atoms with Crippen molar-refractivity contribution in [3.63, 3.8) is 0 Å². The lowest BCUT2D eigenvalue weighted by Gasteiger charge is -2.19. The molecular weight excluding hydrogens is 335 g/mol. The molecule has 9 heteroatoms. The third-order valence-electron chi connectivity index (χ3n) is 4.45. The van der Waals surface area contributed by atoms with Crippen LogP contribution in [0.15, 0.2) is 6.07 Å². The Morgan fingerprint density at radius 1 is 1.52 bits per heavy atom. The Kier molecular flexibility index (Phi) is 3.90. The van der Waals surface area contributed by atoms with E-state index in [9.17, 15) is 18.0 Å². The van der Waals surface area contributed by atoms with E-state index in [4.69, 9.17) is 16.3 Å². The van der Waals surface area contributed by atoms with Gasteiger partial charge in [-0.1, -0.05) is 0 Å². The van der Waals surface area contributed by atoms with Gasteiger partial charge in [-0.05, 0) is 31.4 Å². The highest BCUT2D eigenvalue weighted by molar-refractivity contribution is 6.28. The number of hydrogen-bond acceptors (Lipinski definition) is 5. The molecule has 1 aliphatic heterocycles. The van der Waals surface area contributed by atoms with E-state index in [0.29, 0.717) is 26.1 Å². The molecule has 0 bridgehead atoms. The van der Waals surface area contributed by atoms with Gasteiger partial charge in [-0.2, -0.15) is 13.2 Å². The zero-order valence-corrected chi connectivity index (χ0v) is 13.1. The molecular formula is C14H15ClF3N3O2. The molecule has 126 valence electrons. The molecule has 1 aromatic rings. The lowest BCUT2D eigenvalue weighted by atomic mass is 10.0. The Balaban J connectivity index is 1.76. The van der Waals surface area contributed by atoms with E-state index in [1.807, 2.05) is 0 Å². The van der Waals surface area contributed by atoms with Crippen molar-refractivity contribution in [3.8, 4) is 0 Å². The highest BCUT2D eigenvalue weighted by Crippen LogP contribution is 2.59. The highest BCUT2D eigenvalue weighted by Gasteiger charge is 2.61. The standard InChI is InChI=1S/C14H15ClF3N3O2/c1-2-23-11(22)8-6-13(8)3-4-21(7-13)10-5-9(14(16,17)18)19-12(15)20-10/h5,8H,2-4,6-7H2,1H3. The van der Waals surface area contributed by atoms with Crippen LogP contribution in [0, 0.1) is 11.3 Å². The highest BCUT2D eigenvalue weighted by atomic mass is 35.5. The number of rotatable bonds is 3. The second kappa shape index (κ2) is 5.51. The summed E-state index contributed by atoms with van der Waals surface area (Å²) in [5, 5.41) is -0.437. The van der Waals surface area contributed by atoms with Crippen molar-refractivity contribution in [3.05, 3.63) is 17.0 Å². The van der Waals surface area contributed by atoms with Crippen LogP contribution in [-0.4, -0.2) is 35.6 Å². The van der Waals surface area contributed by atoms with Gasteiger partial charge in [0.05, 0.1) is 12.5 Å². The minimum Gasteiger partial charge on any atom is -0.466 e. The number of esters is 1. The quantitative estimate of drug-likeness (QED) is 0.620. The Labute approximate surface area is 135 Å². The van der Waals surface area contributed by atoms with Gasteiger partial charge < -0.3 is 9.64 Å². The van der Waals surface area contributed by atoms with Crippen LogP contribution in [-0.2, 0) is 15.7 Å².